The second-order valence-corrected chi connectivity index (χ2v) is 3.08. The van der Waals surface area contributed by atoms with E-state index in [0.29, 0.717) is 11.5 Å². The maximum atomic E-state index is 10.8. The van der Waals surface area contributed by atoms with E-state index in [2.05, 4.69) is 15.2 Å². The molecule has 15 heavy (non-hydrogen) atoms. The second-order valence-electron chi connectivity index (χ2n) is 3.08. The van der Waals surface area contributed by atoms with Crippen molar-refractivity contribution in [2.75, 3.05) is 0 Å². The fourth-order valence-corrected chi connectivity index (χ4v) is 1.49. The lowest BCUT2D eigenvalue weighted by molar-refractivity contribution is 0.0679. The van der Waals surface area contributed by atoms with Crippen molar-refractivity contribution in [1.29, 1.82) is 0 Å². The lowest BCUT2D eigenvalue weighted by Crippen LogP contribution is -2.08. The van der Waals surface area contributed by atoms with E-state index in [1.165, 1.54) is 17.2 Å². The highest BCUT2D eigenvalue weighted by Gasteiger charge is 2.17. The van der Waals surface area contributed by atoms with Gasteiger partial charge >= 0.3 is 5.97 Å². The zero-order valence-corrected chi connectivity index (χ0v) is 8.25. The Morgan fingerprint density at radius 1 is 1.40 bits per heavy atom. The first-order valence-corrected chi connectivity index (χ1v) is 4.23. The van der Waals surface area contributed by atoms with Crippen LogP contribution in [0.3, 0.4) is 0 Å². The van der Waals surface area contributed by atoms with Crippen molar-refractivity contribution in [2.24, 2.45) is 7.05 Å². The minimum atomic E-state index is -1.06. The molecule has 78 valence electrons. The fraction of sp³-hybridized carbons (Fsp3) is 0.250. The average Bonchev–Trinajstić information content (AvgIpc) is 2.73. The van der Waals surface area contributed by atoms with Crippen LogP contribution in [0.1, 0.15) is 16.3 Å². The van der Waals surface area contributed by atoms with Crippen LogP contribution in [-0.2, 0) is 7.05 Å². The highest BCUT2D eigenvalue weighted by atomic mass is 16.4. The van der Waals surface area contributed by atoms with Crippen LogP contribution >= 0.6 is 0 Å². The van der Waals surface area contributed by atoms with Crippen LogP contribution in [0.5, 0.6) is 0 Å². The molecule has 0 fully saturated rings. The standard InChI is InChI=1S/C8H9N5O2/c1-5-7(13-3-9-10-4-13)12(2)6(11-5)8(14)15/h3-4H,1-2H3,(H,14,15). The predicted molar refractivity (Wildman–Crippen MR) is 49.8 cm³/mol. The van der Waals surface area contributed by atoms with Crippen LogP contribution in [-0.4, -0.2) is 35.4 Å². The third kappa shape index (κ3) is 1.37. The number of rotatable bonds is 2. The molecule has 0 aliphatic heterocycles. The molecule has 0 aliphatic rings. The zero-order valence-electron chi connectivity index (χ0n) is 8.25. The maximum absolute atomic E-state index is 10.8. The van der Waals surface area contributed by atoms with Crippen molar-refractivity contribution in [1.82, 2.24) is 24.3 Å². The Kier molecular flexibility index (Phi) is 2.00. The summed E-state index contributed by atoms with van der Waals surface area (Å²) in [6.07, 6.45) is 2.99. The summed E-state index contributed by atoms with van der Waals surface area (Å²) in [6, 6.07) is 0. The summed E-state index contributed by atoms with van der Waals surface area (Å²) < 4.78 is 3.11. The van der Waals surface area contributed by atoms with Gasteiger partial charge in [-0.25, -0.2) is 9.78 Å². The summed E-state index contributed by atoms with van der Waals surface area (Å²) in [5.41, 5.74) is 0.620. The van der Waals surface area contributed by atoms with Crippen molar-refractivity contribution < 1.29 is 9.90 Å². The van der Waals surface area contributed by atoms with Gasteiger partial charge < -0.3 is 9.67 Å². The normalized spacial score (nSPS) is 10.5. The van der Waals surface area contributed by atoms with E-state index in [4.69, 9.17) is 5.11 Å². The topological polar surface area (TPSA) is 85.8 Å². The molecule has 0 radical (unpaired) electrons. The Morgan fingerprint density at radius 3 is 2.47 bits per heavy atom. The van der Waals surface area contributed by atoms with E-state index in [1.807, 2.05) is 0 Å². The Bertz CT molecular complexity index is 499. The van der Waals surface area contributed by atoms with Gasteiger partial charge in [0.1, 0.15) is 18.5 Å². The lowest BCUT2D eigenvalue weighted by atomic mass is 10.5. The van der Waals surface area contributed by atoms with E-state index >= 15 is 0 Å². The predicted octanol–water partition coefficient (Wildman–Crippen LogP) is 0.00742. The number of aromatic nitrogens is 5. The van der Waals surface area contributed by atoms with Gasteiger partial charge in [0, 0.05) is 7.05 Å². The van der Waals surface area contributed by atoms with Gasteiger partial charge in [0.15, 0.2) is 0 Å². The molecule has 0 amide bonds. The average molecular weight is 207 g/mol. The van der Waals surface area contributed by atoms with Crippen LogP contribution in [0.15, 0.2) is 12.7 Å². The molecular formula is C8H9N5O2. The number of nitrogens with zero attached hydrogens (tertiary/aromatic N) is 5. The molecule has 2 heterocycles. The Morgan fingerprint density at radius 2 is 2.00 bits per heavy atom. The first-order chi connectivity index (χ1) is 7.11. The molecule has 2 aromatic rings. The summed E-state index contributed by atoms with van der Waals surface area (Å²) >= 11 is 0. The number of carboxylic acids is 1. The smallest absolute Gasteiger partial charge is 0.372 e. The number of carboxylic acid groups (broad SMARTS) is 1. The molecule has 2 rings (SSSR count). The van der Waals surface area contributed by atoms with Crippen LogP contribution in [0.4, 0.5) is 0 Å². The molecule has 0 spiro atoms. The molecule has 0 saturated heterocycles. The summed E-state index contributed by atoms with van der Waals surface area (Å²) in [5, 5.41) is 16.2. The summed E-state index contributed by atoms with van der Waals surface area (Å²) in [5.74, 6) is -0.409. The molecule has 1 N–H and O–H groups in total. The third-order valence-corrected chi connectivity index (χ3v) is 2.09. The summed E-state index contributed by atoms with van der Waals surface area (Å²) in [7, 11) is 1.64. The first-order valence-electron chi connectivity index (χ1n) is 4.23. The van der Waals surface area contributed by atoms with Crippen molar-refractivity contribution in [3.8, 4) is 5.82 Å². The van der Waals surface area contributed by atoms with Gasteiger partial charge in [-0.05, 0) is 6.92 Å². The number of carbonyl (C=O) groups is 1. The number of aryl methyl sites for hydroxylation is 1. The molecular weight excluding hydrogens is 198 g/mol. The van der Waals surface area contributed by atoms with Gasteiger partial charge in [-0.1, -0.05) is 0 Å². The summed E-state index contributed by atoms with van der Waals surface area (Å²) in [4.78, 5) is 14.8. The van der Waals surface area contributed by atoms with Crippen molar-refractivity contribution in [3.05, 3.63) is 24.2 Å². The number of hydrogen-bond acceptors (Lipinski definition) is 4. The van der Waals surface area contributed by atoms with Crippen molar-refractivity contribution in [3.63, 3.8) is 0 Å². The number of hydrogen-bond donors (Lipinski definition) is 1. The molecule has 0 atom stereocenters. The van der Waals surface area contributed by atoms with Gasteiger partial charge in [-0.2, -0.15) is 0 Å². The van der Waals surface area contributed by atoms with Crippen LogP contribution in [0, 0.1) is 6.92 Å². The Labute approximate surface area is 85.0 Å². The van der Waals surface area contributed by atoms with Crippen molar-refractivity contribution in [2.45, 2.75) is 6.92 Å². The highest BCUT2D eigenvalue weighted by Crippen LogP contribution is 2.13. The molecule has 0 aromatic carbocycles. The first kappa shape index (κ1) is 9.38. The second kappa shape index (κ2) is 3.19. The van der Waals surface area contributed by atoms with E-state index < -0.39 is 5.97 Å². The van der Waals surface area contributed by atoms with Crippen LogP contribution in [0.25, 0.3) is 5.82 Å². The quantitative estimate of drug-likeness (QED) is 0.749. The van der Waals surface area contributed by atoms with E-state index in [0.717, 1.165) is 0 Å². The van der Waals surface area contributed by atoms with Gasteiger partial charge in [0.05, 0.1) is 5.69 Å². The lowest BCUT2D eigenvalue weighted by Gasteiger charge is -2.03. The summed E-state index contributed by atoms with van der Waals surface area (Å²) in [6.45, 7) is 1.74. The zero-order chi connectivity index (χ0) is 11.0. The van der Waals surface area contributed by atoms with Crippen molar-refractivity contribution >= 4 is 5.97 Å². The maximum Gasteiger partial charge on any atom is 0.372 e. The van der Waals surface area contributed by atoms with E-state index in [-0.39, 0.29) is 5.82 Å². The largest absolute Gasteiger partial charge is 0.475 e. The molecule has 0 bridgehead atoms. The molecule has 7 heteroatoms. The van der Waals surface area contributed by atoms with Crippen LogP contribution < -0.4 is 0 Å². The van der Waals surface area contributed by atoms with E-state index in [9.17, 15) is 4.79 Å². The van der Waals surface area contributed by atoms with Gasteiger partial charge in [-0.3, -0.25) is 4.57 Å². The minimum Gasteiger partial charge on any atom is -0.475 e. The Balaban J connectivity index is 2.63. The molecule has 0 saturated carbocycles. The third-order valence-electron chi connectivity index (χ3n) is 2.09. The van der Waals surface area contributed by atoms with Gasteiger partial charge in [-0.15, -0.1) is 10.2 Å². The van der Waals surface area contributed by atoms with Gasteiger partial charge in [0.25, 0.3) is 0 Å². The number of aromatic carboxylic acids is 1. The monoisotopic (exact) mass is 207 g/mol. The van der Waals surface area contributed by atoms with Crippen LogP contribution in [0.2, 0.25) is 0 Å². The van der Waals surface area contributed by atoms with Gasteiger partial charge in [0.2, 0.25) is 5.82 Å². The molecule has 0 aliphatic carbocycles. The SMILES string of the molecule is Cc1nc(C(=O)O)n(C)c1-n1cnnc1. The van der Waals surface area contributed by atoms with E-state index in [1.54, 1.807) is 18.5 Å². The number of imidazole rings is 1. The molecule has 7 nitrogen and oxygen atoms in total. The molecule has 0 unspecified atom stereocenters. The Hall–Kier alpha value is -2.18. The minimum absolute atomic E-state index is 0.00352. The fourth-order valence-electron chi connectivity index (χ4n) is 1.49. The highest BCUT2D eigenvalue weighted by molar-refractivity contribution is 5.84. The molecule has 2 aromatic heterocycles.